The number of nitrogens with zero attached hydrogens (tertiary/aromatic N) is 6. The van der Waals surface area contributed by atoms with Crippen molar-refractivity contribution in [3.63, 3.8) is 0 Å². The quantitative estimate of drug-likeness (QED) is 0.149. The second-order valence-corrected chi connectivity index (χ2v) is 1.34. The molecule has 0 aromatic rings. The predicted octanol–water partition coefficient (Wildman–Crippen LogP) is -2.58. The van der Waals surface area contributed by atoms with Crippen LogP contribution < -0.4 is 0 Å². The van der Waals surface area contributed by atoms with Crippen molar-refractivity contribution in [3.05, 3.63) is 91.9 Å². The van der Waals surface area contributed by atoms with Crippen LogP contribution in [0.4, 0.5) is 0 Å². The summed E-state index contributed by atoms with van der Waals surface area (Å²) in [7, 11) is 0. The van der Waals surface area contributed by atoms with Gasteiger partial charge >= 0.3 is 132 Å². The SMILES string of the molecule is O=[N+]([O-])[O-].O=[N+]([O-])[O-].O=[N+]([O-])[O-].O=[N+]([O-])[O-].O=[N+]([O-])[O-].O=[N+]([O-])[O-].[Ba+2].[Ca+2].[Sr+2]. The summed E-state index contributed by atoms with van der Waals surface area (Å²) in [5.74, 6) is 0. The Bertz CT molecular complexity index is 269. The Labute approximate surface area is 250 Å². The third-order valence-corrected chi connectivity index (χ3v) is 0. The fourth-order valence-electron chi connectivity index (χ4n) is 0. The Hall–Kier alpha value is -0.488. The first-order valence-electron chi connectivity index (χ1n) is 3.29. The Morgan fingerprint density at radius 1 is 0.333 bits per heavy atom. The van der Waals surface area contributed by atoms with Crippen molar-refractivity contribution in [1.29, 1.82) is 0 Å². The van der Waals surface area contributed by atoms with Crippen molar-refractivity contribution in [2.45, 2.75) is 0 Å². The molecule has 0 aliphatic rings. The van der Waals surface area contributed by atoms with Crippen LogP contribution in [0.2, 0.25) is 0 Å². The zero-order valence-corrected chi connectivity index (χ0v) is 22.3. The molecule has 0 saturated heterocycles. The molecule has 0 N–H and O–H groups in total. The van der Waals surface area contributed by atoms with Gasteiger partial charge in [-0.3, -0.25) is 0 Å². The zero-order chi connectivity index (χ0) is 21.5. The van der Waals surface area contributed by atoms with Gasteiger partial charge in [-0.15, -0.1) is 0 Å². The van der Waals surface area contributed by atoms with Gasteiger partial charge in [0.25, 0.3) is 0 Å². The van der Waals surface area contributed by atoms with Gasteiger partial charge in [-0.2, -0.15) is 0 Å². The van der Waals surface area contributed by atoms with Crippen LogP contribution in [-0.2, 0) is 0 Å². The molecule has 0 amide bonds. The van der Waals surface area contributed by atoms with Crippen LogP contribution in [0.5, 0.6) is 0 Å². The molecule has 0 aromatic carbocycles. The van der Waals surface area contributed by atoms with Crippen LogP contribution in [0.3, 0.4) is 0 Å². The molecular weight excluding hydrogens is 637 g/mol. The molecule has 0 aliphatic heterocycles. The van der Waals surface area contributed by atoms with Crippen LogP contribution in [0.25, 0.3) is 0 Å². The van der Waals surface area contributed by atoms with E-state index in [0.29, 0.717) is 0 Å². The third-order valence-electron chi connectivity index (χ3n) is 0. The predicted molar refractivity (Wildman–Crippen MR) is 79.4 cm³/mol. The van der Waals surface area contributed by atoms with E-state index < -0.39 is 30.5 Å². The second-order valence-electron chi connectivity index (χ2n) is 1.34. The summed E-state index contributed by atoms with van der Waals surface area (Å²) in [4.78, 5) is 49.5. The van der Waals surface area contributed by atoms with Crippen molar-refractivity contribution in [1.82, 2.24) is 0 Å². The van der Waals surface area contributed by atoms with E-state index in [0.717, 1.165) is 0 Å². The molecule has 0 saturated carbocycles. The summed E-state index contributed by atoms with van der Waals surface area (Å²) >= 11 is 0. The largest absolute Gasteiger partial charge is 2.00 e. The normalized spacial score (nSPS) is 5.33. The molecule has 0 aromatic heterocycles. The van der Waals surface area contributed by atoms with Crippen LogP contribution in [-0.4, -0.2) is 163 Å². The van der Waals surface area contributed by atoms with Crippen LogP contribution in [0.15, 0.2) is 0 Å². The fourth-order valence-corrected chi connectivity index (χ4v) is 0. The molecule has 0 spiro atoms. The van der Waals surface area contributed by atoms with E-state index in [1.165, 1.54) is 0 Å². The van der Waals surface area contributed by atoms with E-state index >= 15 is 0 Å². The van der Waals surface area contributed by atoms with Gasteiger partial charge in [0.05, 0.1) is 30.5 Å². The number of hydrogen-bond acceptors (Lipinski definition) is 18. The van der Waals surface area contributed by atoms with Gasteiger partial charge < -0.3 is 91.9 Å². The van der Waals surface area contributed by atoms with E-state index in [1.54, 1.807) is 0 Å². The molecule has 27 heteroatoms. The molecule has 0 heterocycles. The Morgan fingerprint density at radius 2 is 0.333 bits per heavy atom. The molecule has 0 radical (unpaired) electrons. The van der Waals surface area contributed by atoms with E-state index in [-0.39, 0.29) is 132 Å². The van der Waals surface area contributed by atoms with Crippen molar-refractivity contribution in [2.75, 3.05) is 0 Å². The topological polar surface area (TPSA) is 397 Å². The van der Waals surface area contributed by atoms with E-state index in [1.807, 2.05) is 0 Å². The minimum absolute atomic E-state index is 0. The van der Waals surface area contributed by atoms with Crippen molar-refractivity contribution in [2.24, 2.45) is 0 Å². The minimum atomic E-state index is -1.75. The van der Waals surface area contributed by atoms with E-state index in [9.17, 15) is 0 Å². The van der Waals surface area contributed by atoms with Crippen LogP contribution >= 0.6 is 0 Å². The van der Waals surface area contributed by atoms with Gasteiger partial charge in [0, 0.05) is 0 Å². The molecule has 0 fully saturated rings. The average Bonchev–Trinajstić information content (AvgIpc) is 2.08. The maximum atomic E-state index is 8.25. The molecule has 144 valence electrons. The first-order valence-corrected chi connectivity index (χ1v) is 3.29. The summed E-state index contributed by atoms with van der Waals surface area (Å²) in [6.07, 6.45) is 0. The van der Waals surface area contributed by atoms with Gasteiger partial charge in [-0.05, 0) is 0 Å². The van der Waals surface area contributed by atoms with E-state index in [2.05, 4.69) is 0 Å². The molecular formula is BaCaN6O18Sr. The summed E-state index contributed by atoms with van der Waals surface area (Å²) in [5, 5.41) is 88.5. The van der Waals surface area contributed by atoms with Crippen molar-refractivity contribution < 1.29 is 30.5 Å². The van der Waals surface area contributed by atoms with Gasteiger partial charge in [0.15, 0.2) is 0 Å². The molecule has 0 unspecified atom stereocenters. The van der Waals surface area contributed by atoms with Gasteiger partial charge in [-0.1, -0.05) is 0 Å². The standard InChI is InChI=1S/Ba.Ca.6NO3.Sr/c;;6*2-1(3)4;/q2*+2;6*-1;+2. The average molecular weight is 637 g/mol. The maximum absolute atomic E-state index is 8.25. The first-order chi connectivity index (χ1) is 10.4. The smallest absolute Gasteiger partial charge is 0.356 e. The summed E-state index contributed by atoms with van der Waals surface area (Å²) in [6.45, 7) is 0. The fraction of sp³-hybridized carbons (Fsp3) is 0. The summed E-state index contributed by atoms with van der Waals surface area (Å²) < 4.78 is 0. The van der Waals surface area contributed by atoms with E-state index in [4.69, 9.17) is 91.9 Å². The Kier molecular flexibility index (Phi) is 104. The third kappa shape index (κ3) is 59100. The zero-order valence-electron chi connectivity index (χ0n) is 12.2. The number of rotatable bonds is 0. The number of hydrogen-bond donors (Lipinski definition) is 0. The molecule has 24 nitrogen and oxygen atoms in total. The summed E-state index contributed by atoms with van der Waals surface area (Å²) in [6, 6.07) is 0. The summed E-state index contributed by atoms with van der Waals surface area (Å²) in [5.41, 5.74) is 0. The molecule has 0 bridgehead atoms. The Balaban J connectivity index is -0.0000000201. The van der Waals surface area contributed by atoms with Crippen molar-refractivity contribution in [3.8, 4) is 0 Å². The maximum Gasteiger partial charge on any atom is 2.00 e. The molecule has 0 rings (SSSR count). The molecule has 27 heavy (non-hydrogen) atoms. The molecule has 0 aliphatic carbocycles. The van der Waals surface area contributed by atoms with Crippen LogP contribution in [0, 0.1) is 91.9 Å². The van der Waals surface area contributed by atoms with Crippen LogP contribution in [0.1, 0.15) is 0 Å². The first kappa shape index (κ1) is 56.3. The van der Waals surface area contributed by atoms with Crippen molar-refractivity contribution >= 4 is 132 Å². The molecule has 0 atom stereocenters. The van der Waals surface area contributed by atoms with Gasteiger partial charge in [0.1, 0.15) is 0 Å². The van der Waals surface area contributed by atoms with Gasteiger partial charge in [-0.25, -0.2) is 0 Å². The Morgan fingerprint density at radius 3 is 0.333 bits per heavy atom. The van der Waals surface area contributed by atoms with Gasteiger partial charge in [0.2, 0.25) is 0 Å². The minimum Gasteiger partial charge on any atom is -0.356 e. The second kappa shape index (κ2) is 50.0. The monoisotopic (exact) mass is 638 g/mol.